The Hall–Kier alpha value is -2.30. The molecule has 0 aliphatic heterocycles. The summed E-state index contributed by atoms with van der Waals surface area (Å²) in [7, 11) is 1.33. The van der Waals surface area contributed by atoms with Gasteiger partial charge in [0.2, 0.25) is 0 Å². The van der Waals surface area contributed by atoms with Crippen LogP contribution in [0.4, 0.5) is 0 Å². The van der Waals surface area contributed by atoms with Crippen LogP contribution in [-0.4, -0.2) is 43.6 Å². The maximum atomic E-state index is 12.5. The maximum absolute atomic E-state index is 12.5. The van der Waals surface area contributed by atoms with E-state index in [4.69, 9.17) is 4.74 Å². The van der Waals surface area contributed by atoms with E-state index in [2.05, 4.69) is 11.3 Å². The fourth-order valence-corrected chi connectivity index (χ4v) is 1.82. The fraction of sp³-hybridized carbons (Fsp3) is 0.375. The van der Waals surface area contributed by atoms with Gasteiger partial charge in [0, 0.05) is 13.1 Å². The molecule has 0 aliphatic carbocycles. The van der Waals surface area contributed by atoms with Crippen molar-refractivity contribution < 1.29 is 19.1 Å². The van der Waals surface area contributed by atoms with E-state index >= 15 is 0 Å². The third-order valence-corrected chi connectivity index (χ3v) is 2.96. The van der Waals surface area contributed by atoms with E-state index < -0.39 is 0 Å². The number of carbonyl (C=O) groups is 2. The van der Waals surface area contributed by atoms with Crippen molar-refractivity contribution in [3.05, 3.63) is 42.5 Å². The van der Waals surface area contributed by atoms with E-state index in [-0.39, 0.29) is 18.3 Å². The number of ether oxygens (including phenoxy) is 2. The van der Waals surface area contributed by atoms with E-state index in [9.17, 15) is 9.59 Å². The predicted octanol–water partition coefficient (Wildman–Crippen LogP) is 2.28. The number of para-hydroxylation sites is 1. The standard InChI is InChI=1S/C16H21NO4/c1-4-12-21-14-9-7-6-8-13(14)16(19)17(5-2)11-10-15(18)20-3/h4,6-9H,1,5,10-12H2,2-3H3. The lowest BCUT2D eigenvalue weighted by Gasteiger charge is -2.21. The van der Waals surface area contributed by atoms with E-state index in [1.165, 1.54) is 7.11 Å². The van der Waals surface area contributed by atoms with Gasteiger partial charge in [-0.15, -0.1) is 0 Å². The summed E-state index contributed by atoms with van der Waals surface area (Å²) in [5.74, 6) is 0.0115. The first-order valence-corrected chi connectivity index (χ1v) is 6.82. The highest BCUT2D eigenvalue weighted by Crippen LogP contribution is 2.20. The zero-order valence-corrected chi connectivity index (χ0v) is 12.5. The Morgan fingerprint density at radius 2 is 2.05 bits per heavy atom. The summed E-state index contributed by atoms with van der Waals surface area (Å²) in [5.41, 5.74) is 0.478. The molecule has 0 saturated heterocycles. The lowest BCUT2D eigenvalue weighted by molar-refractivity contribution is -0.140. The third kappa shape index (κ3) is 4.95. The maximum Gasteiger partial charge on any atom is 0.307 e. The number of rotatable bonds is 8. The van der Waals surface area contributed by atoms with Gasteiger partial charge in [-0.3, -0.25) is 9.59 Å². The van der Waals surface area contributed by atoms with Crippen LogP contribution < -0.4 is 4.74 Å². The van der Waals surface area contributed by atoms with Crippen molar-refractivity contribution in [1.82, 2.24) is 4.90 Å². The third-order valence-electron chi connectivity index (χ3n) is 2.96. The highest BCUT2D eigenvalue weighted by atomic mass is 16.5. The van der Waals surface area contributed by atoms with Crippen molar-refractivity contribution in [3.63, 3.8) is 0 Å². The number of benzene rings is 1. The first-order valence-electron chi connectivity index (χ1n) is 6.82. The molecule has 0 aromatic heterocycles. The average Bonchev–Trinajstić information content (AvgIpc) is 2.53. The quantitative estimate of drug-likeness (QED) is 0.544. The normalized spacial score (nSPS) is 9.81. The van der Waals surface area contributed by atoms with Gasteiger partial charge < -0.3 is 14.4 Å². The topological polar surface area (TPSA) is 55.8 Å². The summed E-state index contributed by atoms with van der Waals surface area (Å²) < 4.78 is 10.1. The lowest BCUT2D eigenvalue weighted by atomic mass is 10.1. The largest absolute Gasteiger partial charge is 0.489 e. The SMILES string of the molecule is C=CCOc1ccccc1C(=O)N(CC)CCC(=O)OC. The predicted molar refractivity (Wildman–Crippen MR) is 80.3 cm³/mol. The molecule has 0 saturated carbocycles. The monoisotopic (exact) mass is 291 g/mol. The fourth-order valence-electron chi connectivity index (χ4n) is 1.82. The highest BCUT2D eigenvalue weighted by Gasteiger charge is 2.19. The second-order valence-corrected chi connectivity index (χ2v) is 4.31. The molecule has 0 N–H and O–H groups in total. The van der Waals surface area contributed by atoms with Gasteiger partial charge in [-0.05, 0) is 19.1 Å². The second kappa shape index (κ2) is 8.79. The van der Waals surface area contributed by atoms with Gasteiger partial charge in [0.15, 0.2) is 0 Å². The molecule has 1 aromatic carbocycles. The first kappa shape index (κ1) is 16.8. The van der Waals surface area contributed by atoms with Gasteiger partial charge in [0.05, 0.1) is 19.1 Å². The minimum Gasteiger partial charge on any atom is -0.489 e. The van der Waals surface area contributed by atoms with Gasteiger partial charge in [-0.1, -0.05) is 24.8 Å². The molecule has 1 rings (SSSR count). The molecule has 1 aromatic rings. The lowest BCUT2D eigenvalue weighted by Crippen LogP contribution is -2.33. The molecule has 0 fully saturated rings. The van der Waals surface area contributed by atoms with Crippen LogP contribution in [0.1, 0.15) is 23.7 Å². The highest BCUT2D eigenvalue weighted by molar-refractivity contribution is 5.97. The first-order chi connectivity index (χ1) is 10.1. The van der Waals surface area contributed by atoms with Gasteiger partial charge >= 0.3 is 5.97 Å². The summed E-state index contributed by atoms with van der Waals surface area (Å²) in [6, 6.07) is 7.04. The summed E-state index contributed by atoms with van der Waals surface area (Å²) in [6.45, 7) is 6.61. The molecule has 21 heavy (non-hydrogen) atoms. The van der Waals surface area contributed by atoms with E-state index in [1.807, 2.05) is 6.92 Å². The van der Waals surface area contributed by atoms with E-state index in [1.54, 1.807) is 35.2 Å². The number of nitrogens with zero attached hydrogens (tertiary/aromatic N) is 1. The van der Waals surface area contributed by atoms with Crippen molar-refractivity contribution in [2.75, 3.05) is 26.8 Å². The van der Waals surface area contributed by atoms with Crippen molar-refractivity contribution in [2.45, 2.75) is 13.3 Å². The molecule has 0 atom stereocenters. The van der Waals surface area contributed by atoms with Crippen LogP contribution in [0.3, 0.4) is 0 Å². The molecule has 0 aliphatic rings. The molecule has 0 unspecified atom stereocenters. The number of hydrogen-bond acceptors (Lipinski definition) is 4. The van der Waals surface area contributed by atoms with Crippen molar-refractivity contribution in [2.24, 2.45) is 0 Å². The zero-order chi connectivity index (χ0) is 15.7. The van der Waals surface area contributed by atoms with Crippen molar-refractivity contribution >= 4 is 11.9 Å². The Bertz CT molecular complexity index is 499. The van der Waals surface area contributed by atoms with Crippen LogP contribution in [-0.2, 0) is 9.53 Å². The van der Waals surface area contributed by atoms with Crippen LogP contribution in [0.15, 0.2) is 36.9 Å². The minimum absolute atomic E-state index is 0.166. The Kier molecular flexibility index (Phi) is 7.01. The van der Waals surface area contributed by atoms with Gasteiger partial charge in [-0.25, -0.2) is 0 Å². The molecule has 0 heterocycles. The summed E-state index contributed by atoms with van der Waals surface area (Å²) in [4.78, 5) is 25.3. The van der Waals surface area contributed by atoms with Gasteiger partial charge in [-0.2, -0.15) is 0 Å². The van der Waals surface area contributed by atoms with Crippen LogP contribution in [0, 0.1) is 0 Å². The van der Waals surface area contributed by atoms with Crippen molar-refractivity contribution in [1.29, 1.82) is 0 Å². The van der Waals surface area contributed by atoms with Crippen molar-refractivity contribution in [3.8, 4) is 5.75 Å². The number of hydrogen-bond donors (Lipinski definition) is 0. The van der Waals surface area contributed by atoms with E-state index in [0.29, 0.717) is 31.0 Å². The number of methoxy groups -OCH3 is 1. The molecule has 0 radical (unpaired) electrons. The van der Waals surface area contributed by atoms with Crippen LogP contribution in [0.25, 0.3) is 0 Å². The Morgan fingerprint density at radius 1 is 1.33 bits per heavy atom. The second-order valence-electron chi connectivity index (χ2n) is 4.31. The minimum atomic E-state index is -0.336. The van der Waals surface area contributed by atoms with E-state index in [0.717, 1.165) is 0 Å². The summed E-state index contributed by atoms with van der Waals surface area (Å²) in [5, 5.41) is 0. The number of carbonyl (C=O) groups excluding carboxylic acids is 2. The smallest absolute Gasteiger partial charge is 0.307 e. The van der Waals surface area contributed by atoms with Crippen LogP contribution in [0.2, 0.25) is 0 Å². The number of amides is 1. The Labute approximate surface area is 125 Å². The zero-order valence-electron chi connectivity index (χ0n) is 12.5. The van der Waals surface area contributed by atoms with Gasteiger partial charge in [0.25, 0.3) is 5.91 Å². The summed E-state index contributed by atoms with van der Waals surface area (Å²) in [6.07, 6.45) is 1.79. The molecule has 5 heteroatoms. The molecular formula is C16H21NO4. The molecule has 1 amide bonds. The Morgan fingerprint density at radius 3 is 2.67 bits per heavy atom. The molecule has 5 nitrogen and oxygen atoms in total. The van der Waals surface area contributed by atoms with Crippen LogP contribution >= 0.6 is 0 Å². The van der Waals surface area contributed by atoms with Gasteiger partial charge in [0.1, 0.15) is 12.4 Å². The molecule has 114 valence electrons. The Balaban J connectivity index is 2.84. The average molecular weight is 291 g/mol. The number of esters is 1. The molecule has 0 bridgehead atoms. The molecule has 0 spiro atoms. The molecular weight excluding hydrogens is 270 g/mol. The van der Waals surface area contributed by atoms with Crippen LogP contribution in [0.5, 0.6) is 5.75 Å². The summed E-state index contributed by atoms with van der Waals surface area (Å²) >= 11 is 0.